The fourth-order valence-corrected chi connectivity index (χ4v) is 4.62. The molecule has 6 nitrogen and oxygen atoms in total. The quantitative estimate of drug-likeness (QED) is 0.547. The summed E-state index contributed by atoms with van der Waals surface area (Å²) in [6.07, 6.45) is 5.92. The SMILES string of the molecule is O=C(Nc1nc(CC(=O)N(Cc2ccccc2Cl)C2CCCC2)cs1)c1ccco1. The molecule has 30 heavy (non-hydrogen) atoms. The van der Waals surface area contributed by atoms with E-state index in [9.17, 15) is 9.59 Å². The van der Waals surface area contributed by atoms with Crippen molar-refractivity contribution in [2.45, 2.75) is 44.7 Å². The van der Waals surface area contributed by atoms with Gasteiger partial charge in [0.2, 0.25) is 5.91 Å². The molecular formula is C22H22ClN3O3S. The summed E-state index contributed by atoms with van der Waals surface area (Å²) >= 11 is 7.63. The monoisotopic (exact) mass is 443 g/mol. The van der Waals surface area contributed by atoms with Crippen LogP contribution >= 0.6 is 22.9 Å². The number of carbonyl (C=O) groups excluding carboxylic acids is 2. The number of halogens is 1. The number of nitrogens with one attached hydrogen (secondary N) is 1. The van der Waals surface area contributed by atoms with Gasteiger partial charge in [0.25, 0.3) is 5.91 Å². The summed E-state index contributed by atoms with van der Waals surface area (Å²) in [6.45, 7) is 0.495. The highest BCUT2D eigenvalue weighted by molar-refractivity contribution is 7.14. The predicted octanol–water partition coefficient (Wildman–Crippen LogP) is 5.16. The zero-order chi connectivity index (χ0) is 20.9. The predicted molar refractivity (Wildman–Crippen MR) is 117 cm³/mol. The molecule has 0 atom stereocenters. The van der Waals surface area contributed by atoms with Gasteiger partial charge in [-0.1, -0.05) is 42.6 Å². The molecular weight excluding hydrogens is 422 g/mol. The molecule has 0 aliphatic heterocycles. The van der Waals surface area contributed by atoms with Crippen molar-refractivity contribution in [3.05, 3.63) is 70.1 Å². The van der Waals surface area contributed by atoms with E-state index in [0.717, 1.165) is 31.2 Å². The Morgan fingerprint density at radius 1 is 1.20 bits per heavy atom. The number of furan rings is 1. The Morgan fingerprint density at radius 3 is 2.73 bits per heavy atom. The smallest absolute Gasteiger partial charge is 0.293 e. The van der Waals surface area contributed by atoms with E-state index in [0.29, 0.717) is 22.4 Å². The van der Waals surface area contributed by atoms with Crippen molar-refractivity contribution >= 4 is 39.9 Å². The van der Waals surface area contributed by atoms with Gasteiger partial charge in [0.05, 0.1) is 18.4 Å². The Morgan fingerprint density at radius 2 is 2.00 bits per heavy atom. The van der Waals surface area contributed by atoms with Crippen molar-refractivity contribution in [2.75, 3.05) is 5.32 Å². The van der Waals surface area contributed by atoms with Crippen LogP contribution in [0.4, 0.5) is 5.13 Å². The van der Waals surface area contributed by atoms with Crippen molar-refractivity contribution in [3.63, 3.8) is 0 Å². The first-order chi connectivity index (χ1) is 14.6. The van der Waals surface area contributed by atoms with Crippen LogP contribution in [-0.4, -0.2) is 27.7 Å². The summed E-state index contributed by atoms with van der Waals surface area (Å²) in [5, 5.41) is 5.62. The zero-order valence-corrected chi connectivity index (χ0v) is 17.9. The number of thiazole rings is 1. The van der Waals surface area contributed by atoms with E-state index in [1.165, 1.54) is 17.6 Å². The van der Waals surface area contributed by atoms with Crippen molar-refractivity contribution in [1.29, 1.82) is 0 Å². The number of amides is 2. The lowest BCUT2D eigenvalue weighted by Gasteiger charge is -2.29. The fourth-order valence-electron chi connectivity index (χ4n) is 3.72. The van der Waals surface area contributed by atoms with Gasteiger partial charge in [0.1, 0.15) is 0 Å². The minimum atomic E-state index is -0.362. The van der Waals surface area contributed by atoms with Gasteiger partial charge in [-0.25, -0.2) is 4.98 Å². The Kier molecular flexibility index (Phi) is 6.50. The Balaban J connectivity index is 1.44. The molecule has 4 rings (SSSR count). The summed E-state index contributed by atoms with van der Waals surface area (Å²) in [5.41, 5.74) is 1.59. The first kappa shape index (κ1) is 20.6. The molecule has 1 aromatic carbocycles. The van der Waals surface area contributed by atoms with E-state index in [4.69, 9.17) is 16.0 Å². The van der Waals surface area contributed by atoms with E-state index in [1.807, 2.05) is 29.2 Å². The number of aromatic nitrogens is 1. The van der Waals surface area contributed by atoms with Crippen LogP contribution < -0.4 is 5.32 Å². The van der Waals surface area contributed by atoms with E-state index >= 15 is 0 Å². The summed E-state index contributed by atoms with van der Waals surface area (Å²) in [5.74, 6) is -0.121. The summed E-state index contributed by atoms with van der Waals surface area (Å²) in [7, 11) is 0. The second kappa shape index (κ2) is 9.45. The Labute approximate surface area is 183 Å². The maximum Gasteiger partial charge on any atom is 0.293 e. The minimum Gasteiger partial charge on any atom is -0.459 e. The van der Waals surface area contributed by atoms with E-state index in [2.05, 4.69) is 10.3 Å². The lowest BCUT2D eigenvalue weighted by Crippen LogP contribution is -2.39. The average Bonchev–Trinajstić information content (AvgIpc) is 3.50. The van der Waals surface area contributed by atoms with Gasteiger partial charge in [0, 0.05) is 23.0 Å². The number of anilines is 1. The third-order valence-corrected chi connectivity index (χ3v) is 6.41. The van der Waals surface area contributed by atoms with Crippen LogP contribution in [0, 0.1) is 0 Å². The van der Waals surface area contributed by atoms with Gasteiger partial charge in [-0.2, -0.15) is 0 Å². The molecule has 1 aliphatic rings. The molecule has 1 saturated carbocycles. The van der Waals surface area contributed by atoms with Gasteiger partial charge in [0.15, 0.2) is 10.9 Å². The number of hydrogen-bond donors (Lipinski definition) is 1. The highest BCUT2D eigenvalue weighted by Crippen LogP contribution is 2.28. The minimum absolute atomic E-state index is 0.0241. The van der Waals surface area contributed by atoms with Gasteiger partial charge < -0.3 is 9.32 Å². The lowest BCUT2D eigenvalue weighted by atomic mass is 10.1. The molecule has 2 amide bonds. The van der Waals surface area contributed by atoms with Crippen molar-refractivity contribution in [1.82, 2.24) is 9.88 Å². The number of benzene rings is 1. The van der Waals surface area contributed by atoms with Gasteiger partial charge in [-0.05, 0) is 36.6 Å². The normalized spacial score (nSPS) is 14.0. The molecule has 3 aromatic rings. The molecule has 1 fully saturated rings. The number of nitrogens with zero attached hydrogens (tertiary/aromatic N) is 2. The molecule has 0 saturated heterocycles. The molecule has 0 radical (unpaired) electrons. The molecule has 156 valence electrons. The maximum absolute atomic E-state index is 13.2. The van der Waals surface area contributed by atoms with E-state index < -0.39 is 0 Å². The van der Waals surface area contributed by atoms with Crippen molar-refractivity contribution < 1.29 is 14.0 Å². The van der Waals surface area contributed by atoms with Crippen LogP contribution in [0.3, 0.4) is 0 Å². The topological polar surface area (TPSA) is 75.4 Å². The highest BCUT2D eigenvalue weighted by atomic mass is 35.5. The average molecular weight is 444 g/mol. The summed E-state index contributed by atoms with van der Waals surface area (Å²) in [6, 6.07) is 11.1. The van der Waals surface area contributed by atoms with Crippen LogP contribution in [0.5, 0.6) is 0 Å². The molecule has 2 heterocycles. The number of hydrogen-bond acceptors (Lipinski definition) is 5. The largest absolute Gasteiger partial charge is 0.459 e. The second-order valence-electron chi connectivity index (χ2n) is 7.30. The molecule has 2 aromatic heterocycles. The Bertz CT molecular complexity index is 1010. The first-order valence-corrected chi connectivity index (χ1v) is 11.2. The molecule has 1 aliphatic carbocycles. The standard InChI is InChI=1S/C22H22ClN3O3S/c23-18-9-4-1-6-15(18)13-26(17-7-2-3-8-17)20(27)12-16-14-30-22(24-16)25-21(28)19-10-5-11-29-19/h1,4-6,9-11,14,17H,2-3,7-8,12-13H2,(H,24,25,28). The highest BCUT2D eigenvalue weighted by Gasteiger charge is 2.27. The first-order valence-electron chi connectivity index (χ1n) is 9.92. The van der Waals surface area contributed by atoms with Crippen molar-refractivity contribution in [3.8, 4) is 0 Å². The zero-order valence-electron chi connectivity index (χ0n) is 16.3. The van der Waals surface area contributed by atoms with Crippen LogP contribution in [0.25, 0.3) is 0 Å². The van der Waals surface area contributed by atoms with Crippen LogP contribution in [0.2, 0.25) is 5.02 Å². The molecule has 8 heteroatoms. The van der Waals surface area contributed by atoms with E-state index in [-0.39, 0.29) is 30.0 Å². The van der Waals surface area contributed by atoms with Crippen LogP contribution in [0.1, 0.15) is 47.5 Å². The number of carbonyl (C=O) groups is 2. The molecule has 0 bridgehead atoms. The maximum atomic E-state index is 13.2. The van der Waals surface area contributed by atoms with Gasteiger partial charge in [-0.3, -0.25) is 14.9 Å². The Hall–Kier alpha value is -2.64. The van der Waals surface area contributed by atoms with Crippen molar-refractivity contribution in [2.24, 2.45) is 0 Å². The number of rotatable bonds is 7. The lowest BCUT2D eigenvalue weighted by molar-refractivity contribution is -0.133. The van der Waals surface area contributed by atoms with Gasteiger partial charge >= 0.3 is 0 Å². The molecule has 0 spiro atoms. The molecule has 0 unspecified atom stereocenters. The van der Waals surface area contributed by atoms with Crippen LogP contribution in [0.15, 0.2) is 52.5 Å². The molecule has 1 N–H and O–H groups in total. The fraction of sp³-hybridized carbons (Fsp3) is 0.318. The summed E-state index contributed by atoms with van der Waals surface area (Å²) < 4.78 is 5.09. The van der Waals surface area contributed by atoms with Gasteiger partial charge in [-0.15, -0.1) is 11.3 Å². The van der Waals surface area contributed by atoms with E-state index in [1.54, 1.807) is 17.5 Å². The summed E-state index contributed by atoms with van der Waals surface area (Å²) in [4.78, 5) is 31.6. The third kappa shape index (κ3) is 4.91. The third-order valence-electron chi connectivity index (χ3n) is 5.23. The second-order valence-corrected chi connectivity index (χ2v) is 8.57. The van der Waals surface area contributed by atoms with Crippen LogP contribution in [-0.2, 0) is 17.8 Å².